The van der Waals surface area contributed by atoms with E-state index in [0.29, 0.717) is 22.6 Å². The topological polar surface area (TPSA) is 60.4 Å². The van der Waals surface area contributed by atoms with Crippen LogP contribution in [0.2, 0.25) is 0 Å². The first-order valence-corrected chi connectivity index (χ1v) is 9.81. The zero-order valence-corrected chi connectivity index (χ0v) is 14.7. The number of esters is 1. The average Bonchev–Trinajstić information content (AvgIpc) is 2.90. The number of carbonyl (C=O) groups excluding carboxylic acids is 1. The largest absolute Gasteiger partial charge is 0.462 e. The van der Waals surface area contributed by atoms with E-state index in [1.807, 2.05) is 0 Å². The third-order valence-corrected chi connectivity index (χ3v) is 5.99. The molecule has 0 aromatic heterocycles. The van der Waals surface area contributed by atoms with Crippen LogP contribution in [0.1, 0.15) is 41.6 Å². The van der Waals surface area contributed by atoms with Crippen LogP contribution in [-0.4, -0.2) is 21.0 Å². The van der Waals surface area contributed by atoms with Gasteiger partial charge in [-0.3, -0.25) is 0 Å². The van der Waals surface area contributed by atoms with Crippen molar-refractivity contribution in [2.24, 2.45) is 5.92 Å². The first-order chi connectivity index (χ1) is 9.79. The highest BCUT2D eigenvalue weighted by Crippen LogP contribution is 2.29. The first kappa shape index (κ1) is 16.8. The molecule has 4 nitrogen and oxygen atoms in total. The smallest absolute Gasteiger partial charge is 0.338 e. The van der Waals surface area contributed by atoms with Gasteiger partial charge in [0.15, 0.2) is 0 Å². The molecule has 1 fully saturated rings. The van der Waals surface area contributed by atoms with E-state index < -0.39 is 15.0 Å². The summed E-state index contributed by atoms with van der Waals surface area (Å²) < 4.78 is 28.9. The summed E-state index contributed by atoms with van der Waals surface area (Å²) in [6, 6.07) is 2.82. The highest BCUT2D eigenvalue weighted by Gasteiger charge is 2.21. The van der Waals surface area contributed by atoms with Crippen LogP contribution in [-0.2, 0) is 13.8 Å². The SMILES string of the molecule is Cc1c(Br)cc(C(=O)OCC2CCCC2)cc1S(=O)(=O)Cl. The maximum absolute atomic E-state index is 12.1. The van der Waals surface area contributed by atoms with Crippen molar-refractivity contribution in [3.05, 3.63) is 27.7 Å². The van der Waals surface area contributed by atoms with Crippen molar-refractivity contribution in [2.45, 2.75) is 37.5 Å². The Morgan fingerprint density at radius 2 is 2.00 bits per heavy atom. The molecule has 0 atom stereocenters. The van der Waals surface area contributed by atoms with Gasteiger partial charge in [-0.05, 0) is 43.4 Å². The Kier molecular flexibility index (Phi) is 5.33. The number of carbonyl (C=O) groups is 1. The molecule has 0 spiro atoms. The van der Waals surface area contributed by atoms with Gasteiger partial charge in [-0.15, -0.1) is 0 Å². The molecule has 0 radical (unpaired) electrons. The molecule has 2 rings (SSSR count). The summed E-state index contributed by atoms with van der Waals surface area (Å²) in [6.45, 7) is 2.00. The summed E-state index contributed by atoms with van der Waals surface area (Å²) in [5, 5.41) is 0. The highest BCUT2D eigenvalue weighted by atomic mass is 79.9. The highest BCUT2D eigenvalue weighted by molar-refractivity contribution is 9.10. The molecule has 1 aliphatic carbocycles. The van der Waals surface area contributed by atoms with Crippen molar-refractivity contribution in [3.63, 3.8) is 0 Å². The second-order valence-electron chi connectivity index (χ2n) is 5.27. The summed E-state index contributed by atoms with van der Waals surface area (Å²) in [5.41, 5.74) is 0.655. The predicted octanol–water partition coefficient (Wildman–Crippen LogP) is 4.03. The van der Waals surface area contributed by atoms with E-state index in [0.717, 1.165) is 12.8 Å². The summed E-state index contributed by atoms with van der Waals surface area (Å²) >= 11 is 3.24. The fraction of sp³-hybridized carbons (Fsp3) is 0.500. The molecule has 0 bridgehead atoms. The second-order valence-corrected chi connectivity index (χ2v) is 8.66. The Balaban J connectivity index is 2.19. The standard InChI is InChI=1S/C14H16BrClO4S/c1-9-12(15)6-11(7-13(9)21(16,18)19)14(17)20-8-10-4-2-3-5-10/h6-7,10H,2-5,8H2,1H3. The van der Waals surface area contributed by atoms with Gasteiger partial charge >= 0.3 is 5.97 Å². The van der Waals surface area contributed by atoms with Gasteiger partial charge in [-0.2, -0.15) is 0 Å². The van der Waals surface area contributed by atoms with Gasteiger partial charge in [0.2, 0.25) is 0 Å². The van der Waals surface area contributed by atoms with Gasteiger partial charge in [0, 0.05) is 15.2 Å². The molecule has 116 valence electrons. The van der Waals surface area contributed by atoms with Gasteiger partial charge in [0.25, 0.3) is 9.05 Å². The van der Waals surface area contributed by atoms with E-state index >= 15 is 0 Å². The van der Waals surface area contributed by atoms with Crippen molar-refractivity contribution < 1.29 is 17.9 Å². The van der Waals surface area contributed by atoms with Crippen molar-refractivity contribution in [3.8, 4) is 0 Å². The fourth-order valence-corrected chi connectivity index (χ4v) is 4.29. The monoisotopic (exact) mass is 394 g/mol. The first-order valence-electron chi connectivity index (χ1n) is 6.71. The maximum Gasteiger partial charge on any atom is 0.338 e. The minimum atomic E-state index is -3.91. The van der Waals surface area contributed by atoms with Crippen LogP contribution in [0.15, 0.2) is 21.5 Å². The number of ether oxygens (including phenoxy) is 1. The molecule has 0 aliphatic heterocycles. The molecule has 0 amide bonds. The van der Waals surface area contributed by atoms with Gasteiger partial charge in [0.05, 0.1) is 17.1 Å². The van der Waals surface area contributed by atoms with E-state index in [2.05, 4.69) is 15.9 Å². The number of rotatable bonds is 4. The Bertz CT molecular complexity index is 651. The summed E-state index contributed by atoms with van der Waals surface area (Å²) in [7, 11) is 1.48. The minimum Gasteiger partial charge on any atom is -0.462 e. The van der Waals surface area contributed by atoms with Crippen molar-refractivity contribution in [1.82, 2.24) is 0 Å². The van der Waals surface area contributed by atoms with Crippen LogP contribution in [0.4, 0.5) is 0 Å². The zero-order valence-electron chi connectivity index (χ0n) is 11.6. The Morgan fingerprint density at radius 3 is 2.57 bits per heavy atom. The molecule has 0 heterocycles. The Hall–Kier alpha value is -0.590. The zero-order chi connectivity index (χ0) is 15.6. The van der Waals surface area contributed by atoms with Crippen LogP contribution in [0.5, 0.6) is 0 Å². The van der Waals surface area contributed by atoms with E-state index in [4.69, 9.17) is 15.4 Å². The molecule has 0 saturated heterocycles. The molecule has 1 saturated carbocycles. The lowest BCUT2D eigenvalue weighted by atomic mass is 10.1. The summed E-state index contributed by atoms with van der Waals surface area (Å²) in [5.74, 6) is -0.108. The van der Waals surface area contributed by atoms with Crippen LogP contribution >= 0.6 is 26.6 Å². The molecule has 0 unspecified atom stereocenters. The van der Waals surface area contributed by atoms with E-state index in [9.17, 15) is 13.2 Å². The molecule has 7 heteroatoms. The third-order valence-electron chi connectivity index (χ3n) is 3.72. The molecule has 21 heavy (non-hydrogen) atoms. The Morgan fingerprint density at radius 1 is 1.38 bits per heavy atom. The Labute approximate surface area is 137 Å². The number of hydrogen-bond acceptors (Lipinski definition) is 4. The lowest BCUT2D eigenvalue weighted by Crippen LogP contribution is -2.13. The minimum absolute atomic E-state index is 0.0774. The van der Waals surface area contributed by atoms with Gasteiger partial charge in [-0.25, -0.2) is 13.2 Å². The number of halogens is 2. The number of benzene rings is 1. The predicted molar refractivity (Wildman–Crippen MR) is 84.2 cm³/mol. The molecule has 1 aromatic carbocycles. The van der Waals surface area contributed by atoms with Crippen molar-refractivity contribution >= 4 is 41.6 Å². The quantitative estimate of drug-likeness (QED) is 0.570. The van der Waals surface area contributed by atoms with Crippen molar-refractivity contribution in [1.29, 1.82) is 0 Å². The van der Waals surface area contributed by atoms with Crippen LogP contribution in [0.25, 0.3) is 0 Å². The lowest BCUT2D eigenvalue weighted by molar-refractivity contribution is 0.0442. The maximum atomic E-state index is 12.1. The molecular formula is C14H16BrClO4S. The number of hydrogen-bond donors (Lipinski definition) is 0. The van der Waals surface area contributed by atoms with Crippen LogP contribution < -0.4 is 0 Å². The fourth-order valence-electron chi connectivity index (χ4n) is 2.48. The lowest BCUT2D eigenvalue weighted by Gasteiger charge is -2.12. The van der Waals surface area contributed by atoms with Crippen LogP contribution in [0.3, 0.4) is 0 Å². The molecule has 0 N–H and O–H groups in total. The van der Waals surface area contributed by atoms with Crippen LogP contribution in [0, 0.1) is 12.8 Å². The van der Waals surface area contributed by atoms with Gasteiger partial charge in [0.1, 0.15) is 0 Å². The third kappa shape index (κ3) is 4.20. The summed E-state index contributed by atoms with van der Waals surface area (Å²) in [4.78, 5) is 12.0. The normalized spacial score (nSPS) is 16.1. The van der Waals surface area contributed by atoms with Gasteiger partial charge < -0.3 is 4.74 Å². The summed E-state index contributed by atoms with van der Waals surface area (Å²) in [6.07, 6.45) is 4.50. The van der Waals surface area contributed by atoms with Crippen molar-refractivity contribution in [2.75, 3.05) is 6.61 Å². The van der Waals surface area contributed by atoms with E-state index in [1.54, 1.807) is 13.0 Å². The van der Waals surface area contributed by atoms with E-state index in [-0.39, 0.29) is 10.5 Å². The molecular weight excluding hydrogens is 380 g/mol. The molecule has 1 aliphatic rings. The van der Waals surface area contributed by atoms with Gasteiger partial charge in [-0.1, -0.05) is 28.8 Å². The average molecular weight is 396 g/mol. The molecule has 1 aromatic rings. The second kappa shape index (κ2) is 6.67. The van der Waals surface area contributed by atoms with E-state index in [1.165, 1.54) is 18.9 Å².